The van der Waals surface area contributed by atoms with Crippen molar-refractivity contribution in [2.75, 3.05) is 7.11 Å². The molecule has 0 N–H and O–H groups in total. The number of hydrogen-bond acceptors (Lipinski definition) is 5. The third-order valence-corrected chi connectivity index (χ3v) is 4.87. The van der Waals surface area contributed by atoms with Crippen molar-refractivity contribution in [2.45, 2.75) is 11.1 Å². The molecule has 0 spiro atoms. The monoisotopic (exact) mass is 287 g/mol. The molecule has 1 aromatic rings. The predicted molar refractivity (Wildman–Crippen MR) is 61.6 cm³/mol. The standard InChI is InChI=1S/C7H7Cl2NO3S2/c1-4(10-13-2)5-3-6(8)14-7(5)15(9,11)12/h3H,1-2H3. The maximum absolute atomic E-state index is 11.2. The van der Waals surface area contributed by atoms with E-state index in [9.17, 15) is 8.42 Å². The van der Waals surface area contributed by atoms with E-state index in [1.165, 1.54) is 13.2 Å². The molecule has 0 saturated carbocycles. The second kappa shape index (κ2) is 4.69. The van der Waals surface area contributed by atoms with E-state index in [0.29, 0.717) is 15.6 Å². The average molecular weight is 288 g/mol. The summed E-state index contributed by atoms with van der Waals surface area (Å²) in [5.41, 5.74) is 0.765. The summed E-state index contributed by atoms with van der Waals surface area (Å²) < 4.78 is 22.7. The van der Waals surface area contributed by atoms with Crippen molar-refractivity contribution in [1.82, 2.24) is 0 Å². The minimum Gasteiger partial charge on any atom is -0.399 e. The summed E-state index contributed by atoms with van der Waals surface area (Å²) >= 11 is 6.60. The lowest BCUT2D eigenvalue weighted by Gasteiger charge is -1.98. The summed E-state index contributed by atoms with van der Waals surface area (Å²) in [5, 5.41) is 3.62. The van der Waals surface area contributed by atoms with Crippen LogP contribution in [0.15, 0.2) is 15.4 Å². The molecule has 4 nitrogen and oxygen atoms in total. The van der Waals surface area contributed by atoms with Crippen LogP contribution >= 0.6 is 33.6 Å². The van der Waals surface area contributed by atoms with Gasteiger partial charge in [0, 0.05) is 16.2 Å². The Labute approximate surface area is 101 Å². The van der Waals surface area contributed by atoms with Gasteiger partial charge in [-0.05, 0) is 13.0 Å². The maximum atomic E-state index is 11.2. The Bertz CT molecular complexity index is 492. The van der Waals surface area contributed by atoms with Gasteiger partial charge in [0.05, 0.1) is 10.0 Å². The highest BCUT2D eigenvalue weighted by atomic mass is 35.7. The first kappa shape index (κ1) is 12.8. The van der Waals surface area contributed by atoms with E-state index in [1.807, 2.05) is 0 Å². The van der Waals surface area contributed by atoms with Gasteiger partial charge in [0.1, 0.15) is 11.3 Å². The Hall–Kier alpha value is -0.300. The summed E-state index contributed by atoms with van der Waals surface area (Å²) in [7, 11) is 2.81. The van der Waals surface area contributed by atoms with Gasteiger partial charge in [-0.2, -0.15) is 0 Å². The Morgan fingerprint density at radius 2 is 2.20 bits per heavy atom. The predicted octanol–water partition coefficient (Wildman–Crippen LogP) is 2.70. The number of rotatable bonds is 3. The molecule has 1 aromatic heterocycles. The molecule has 15 heavy (non-hydrogen) atoms. The van der Waals surface area contributed by atoms with Gasteiger partial charge in [-0.15, -0.1) is 11.3 Å². The van der Waals surface area contributed by atoms with Crippen LogP contribution in [0.1, 0.15) is 12.5 Å². The van der Waals surface area contributed by atoms with Gasteiger partial charge in [0.15, 0.2) is 0 Å². The quantitative estimate of drug-likeness (QED) is 0.488. The summed E-state index contributed by atoms with van der Waals surface area (Å²) in [6.45, 7) is 1.60. The van der Waals surface area contributed by atoms with Crippen molar-refractivity contribution in [3.05, 3.63) is 16.0 Å². The molecule has 0 atom stereocenters. The van der Waals surface area contributed by atoms with Crippen LogP contribution in [-0.4, -0.2) is 21.2 Å². The maximum Gasteiger partial charge on any atom is 0.271 e. The van der Waals surface area contributed by atoms with Gasteiger partial charge in [-0.1, -0.05) is 16.8 Å². The molecule has 1 heterocycles. The van der Waals surface area contributed by atoms with Crippen molar-refractivity contribution in [1.29, 1.82) is 0 Å². The zero-order valence-corrected chi connectivity index (χ0v) is 11.0. The van der Waals surface area contributed by atoms with E-state index in [4.69, 9.17) is 22.3 Å². The third kappa shape index (κ3) is 3.07. The minimum absolute atomic E-state index is 0.0209. The molecule has 0 radical (unpaired) electrons. The summed E-state index contributed by atoms with van der Waals surface area (Å²) in [5.74, 6) is 0. The van der Waals surface area contributed by atoms with Crippen LogP contribution in [0.2, 0.25) is 4.34 Å². The Kier molecular flexibility index (Phi) is 3.99. The van der Waals surface area contributed by atoms with Gasteiger partial charge in [-0.3, -0.25) is 0 Å². The van der Waals surface area contributed by atoms with Crippen molar-refractivity contribution in [2.24, 2.45) is 5.16 Å². The molecule has 0 aromatic carbocycles. The second-order valence-electron chi connectivity index (χ2n) is 2.55. The lowest BCUT2D eigenvalue weighted by Crippen LogP contribution is -1.99. The van der Waals surface area contributed by atoms with E-state index < -0.39 is 9.05 Å². The highest BCUT2D eigenvalue weighted by Crippen LogP contribution is 2.33. The lowest BCUT2D eigenvalue weighted by molar-refractivity contribution is 0.213. The van der Waals surface area contributed by atoms with E-state index >= 15 is 0 Å². The first-order valence-corrected chi connectivity index (χ1v) is 7.18. The SMILES string of the molecule is CON=C(C)c1cc(Cl)sc1S(=O)(=O)Cl. The highest BCUT2D eigenvalue weighted by molar-refractivity contribution is 8.15. The number of thiophene rings is 1. The molecule has 0 aliphatic heterocycles. The Balaban J connectivity index is 3.37. The van der Waals surface area contributed by atoms with Crippen LogP contribution < -0.4 is 0 Å². The van der Waals surface area contributed by atoms with Gasteiger partial charge in [0.25, 0.3) is 9.05 Å². The second-order valence-corrected chi connectivity index (χ2v) is 6.99. The Morgan fingerprint density at radius 1 is 1.60 bits per heavy atom. The lowest BCUT2D eigenvalue weighted by atomic mass is 10.2. The van der Waals surface area contributed by atoms with E-state index in [1.54, 1.807) is 6.92 Å². The fourth-order valence-corrected chi connectivity index (χ4v) is 3.78. The van der Waals surface area contributed by atoms with Crippen molar-refractivity contribution in [3.8, 4) is 0 Å². The molecule has 0 fully saturated rings. The molecule has 0 amide bonds. The smallest absolute Gasteiger partial charge is 0.271 e. The van der Waals surface area contributed by atoms with Gasteiger partial charge in [0.2, 0.25) is 0 Å². The fourth-order valence-electron chi connectivity index (χ4n) is 0.965. The molecular weight excluding hydrogens is 281 g/mol. The average Bonchev–Trinajstić information content (AvgIpc) is 2.47. The van der Waals surface area contributed by atoms with E-state index in [-0.39, 0.29) is 4.21 Å². The molecule has 0 aliphatic carbocycles. The molecule has 0 aliphatic rings. The number of nitrogens with zero attached hydrogens (tertiary/aromatic N) is 1. The van der Waals surface area contributed by atoms with Crippen LogP contribution in [0, 0.1) is 0 Å². The molecule has 0 bridgehead atoms. The summed E-state index contributed by atoms with van der Waals surface area (Å²) in [6, 6.07) is 1.49. The molecule has 84 valence electrons. The molecule has 1 rings (SSSR count). The zero-order valence-electron chi connectivity index (χ0n) is 7.82. The van der Waals surface area contributed by atoms with Crippen molar-refractivity contribution >= 4 is 48.4 Å². The largest absolute Gasteiger partial charge is 0.399 e. The number of oxime groups is 1. The fraction of sp³-hybridized carbons (Fsp3) is 0.286. The van der Waals surface area contributed by atoms with Crippen molar-refractivity contribution < 1.29 is 13.3 Å². The van der Waals surface area contributed by atoms with Crippen LogP contribution in [0.5, 0.6) is 0 Å². The summed E-state index contributed by atoms with van der Waals surface area (Å²) in [4.78, 5) is 4.55. The van der Waals surface area contributed by atoms with Gasteiger partial charge < -0.3 is 4.84 Å². The highest BCUT2D eigenvalue weighted by Gasteiger charge is 2.21. The molecule has 8 heteroatoms. The van der Waals surface area contributed by atoms with Gasteiger partial charge in [-0.25, -0.2) is 8.42 Å². The van der Waals surface area contributed by atoms with Crippen LogP contribution in [0.25, 0.3) is 0 Å². The van der Waals surface area contributed by atoms with E-state index in [2.05, 4.69) is 9.99 Å². The molecule has 0 saturated heterocycles. The molecule has 0 unspecified atom stereocenters. The normalized spacial score (nSPS) is 12.9. The topological polar surface area (TPSA) is 55.7 Å². The summed E-state index contributed by atoms with van der Waals surface area (Å²) in [6.07, 6.45) is 0. The van der Waals surface area contributed by atoms with Crippen molar-refractivity contribution in [3.63, 3.8) is 0 Å². The van der Waals surface area contributed by atoms with Crippen LogP contribution in [0.4, 0.5) is 0 Å². The number of hydrogen-bond donors (Lipinski definition) is 0. The van der Waals surface area contributed by atoms with Crippen LogP contribution in [0.3, 0.4) is 0 Å². The minimum atomic E-state index is -3.81. The van der Waals surface area contributed by atoms with E-state index in [0.717, 1.165) is 11.3 Å². The molecular formula is C7H7Cl2NO3S2. The number of halogens is 2. The first-order chi connectivity index (χ1) is 6.86. The van der Waals surface area contributed by atoms with Gasteiger partial charge >= 0.3 is 0 Å². The van der Waals surface area contributed by atoms with Crippen LogP contribution in [-0.2, 0) is 13.9 Å². The third-order valence-electron chi connectivity index (χ3n) is 1.51. The Morgan fingerprint density at radius 3 is 2.67 bits per heavy atom. The first-order valence-electron chi connectivity index (χ1n) is 3.68. The zero-order chi connectivity index (χ0) is 11.6.